The lowest BCUT2D eigenvalue weighted by molar-refractivity contribution is -0.142. The van der Waals surface area contributed by atoms with Crippen LogP contribution < -0.4 is 5.32 Å². The Labute approximate surface area is 133 Å². The average molecular weight is 348 g/mol. The Balaban J connectivity index is 2.47. The van der Waals surface area contributed by atoms with Crippen LogP contribution in [0.5, 0.6) is 0 Å². The van der Waals surface area contributed by atoms with Gasteiger partial charge in [0.05, 0.1) is 0 Å². The summed E-state index contributed by atoms with van der Waals surface area (Å²) in [6, 6.07) is 13.3. The third-order valence-electron chi connectivity index (χ3n) is 3.60. The number of hydrogen-bond acceptors (Lipinski definition) is 2. The first-order valence-corrected chi connectivity index (χ1v) is 7.47. The molecule has 4 heteroatoms. The number of nitrogens with one attached hydrogen (secondary N) is 1. The van der Waals surface area contributed by atoms with E-state index in [0.717, 1.165) is 26.9 Å². The molecular formula is C17H18BrNO2. The van der Waals surface area contributed by atoms with Gasteiger partial charge in [0.2, 0.25) is 0 Å². The number of carboxylic acid groups (broad SMARTS) is 1. The summed E-state index contributed by atoms with van der Waals surface area (Å²) in [4.78, 5) is 11.9. The van der Waals surface area contributed by atoms with Crippen LogP contribution in [0.2, 0.25) is 0 Å². The highest BCUT2D eigenvalue weighted by Crippen LogP contribution is 2.30. The number of anilines is 1. The number of carbonyl (C=O) groups is 1. The summed E-state index contributed by atoms with van der Waals surface area (Å²) in [6.45, 7) is 5.59. The van der Waals surface area contributed by atoms with Gasteiger partial charge in [-0.3, -0.25) is 0 Å². The van der Waals surface area contributed by atoms with Crippen LogP contribution in [0.3, 0.4) is 0 Å². The SMILES string of the molecule is Cc1ccc(C)c(C(C)(Nc2ccc(Br)cc2)C(=O)O)c1. The van der Waals surface area contributed by atoms with Gasteiger partial charge in [-0.25, -0.2) is 4.79 Å². The van der Waals surface area contributed by atoms with Gasteiger partial charge in [-0.05, 0) is 56.2 Å². The highest BCUT2D eigenvalue weighted by Gasteiger charge is 2.36. The molecule has 0 aliphatic heterocycles. The average Bonchev–Trinajstić information content (AvgIpc) is 2.43. The zero-order valence-electron chi connectivity index (χ0n) is 12.3. The van der Waals surface area contributed by atoms with E-state index in [9.17, 15) is 9.90 Å². The van der Waals surface area contributed by atoms with Gasteiger partial charge in [-0.15, -0.1) is 0 Å². The normalized spacial score (nSPS) is 13.5. The fourth-order valence-electron chi connectivity index (χ4n) is 2.33. The van der Waals surface area contributed by atoms with E-state index in [2.05, 4.69) is 21.2 Å². The van der Waals surface area contributed by atoms with Crippen LogP contribution in [0.4, 0.5) is 5.69 Å². The van der Waals surface area contributed by atoms with Gasteiger partial charge in [0.1, 0.15) is 0 Å². The number of aryl methyl sites for hydroxylation is 2. The van der Waals surface area contributed by atoms with Crippen molar-refractivity contribution in [1.29, 1.82) is 0 Å². The second kappa shape index (κ2) is 5.90. The molecule has 0 bridgehead atoms. The van der Waals surface area contributed by atoms with Gasteiger partial charge in [0.15, 0.2) is 5.54 Å². The molecule has 2 N–H and O–H groups in total. The molecule has 0 fully saturated rings. The minimum atomic E-state index is -1.18. The van der Waals surface area contributed by atoms with Crippen molar-refractivity contribution in [3.8, 4) is 0 Å². The molecule has 3 nitrogen and oxygen atoms in total. The van der Waals surface area contributed by atoms with E-state index in [4.69, 9.17) is 0 Å². The molecule has 21 heavy (non-hydrogen) atoms. The first-order chi connectivity index (χ1) is 9.83. The molecule has 0 amide bonds. The molecule has 0 saturated carbocycles. The molecule has 0 spiro atoms. The number of benzene rings is 2. The van der Waals surface area contributed by atoms with Gasteiger partial charge in [-0.1, -0.05) is 39.7 Å². The topological polar surface area (TPSA) is 49.3 Å². The second-order valence-electron chi connectivity index (χ2n) is 5.38. The number of rotatable bonds is 4. The molecule has 0 heterocycles. The molecule has 0 saturated heterocycles. The van der Waals surface area contributed by atoms with E-state index < -0.39 is 11.5 Å². The summed E-state index contributed by atoms with van der Waals surface area (Å²) in [5.74, 6) is -0.904. The lowest BCUT2D eigenvalue weighted by atomic mass is 9.87. The quantitative estimate of drug-likeness (QED) is 0.857. The summed E-state index contributed by atoms with van der Waals surface area (Å²) in [6.07, 6.45) is 0. The first kappa shape index (κ1) is 15.6. The minimum absolute atomic E-state index is 0.768. The zero-order valence-corrected chi connectivity index (χ0v) is 13.9. The molecule has 1 atom stereocenters. The van der Waals surface area contributed by atoms with Crippen LogP contribution >= 0.6 is 15.9 Å². The zero-order chi connectivity index (χ0) is 15.6. The monoisotopic (exact) mass is 347 g/mol. The Kier molecular flexibility index (Phi) is 4.37. The molecule has 0 aliphatic carbocycles. The smallest absolute Gasteiger partial charge is 0.333 e. The molecule has 0 aliphatic rings. The van der Waals surface area contributed by atoms with Crippen LogP contribution in [0.15, 0.2) is 46.9 Å². The predicted molar refractivity (Wildman–Crippen MR) is 88.7 cm³/mol. The fraction of sp³-hybridized carbons (Fsp3) is 0.235. The molecule has 0 radical (unpaired) electrons. The third kappa shape index (κ3) is 3.27. The number of aliphatic carboxylic acids is 1. The number of carboxylic acids is 1. The van der Waals surface area contributed by atoms with Crippen molar-refractivity contribution in [2.24, 2.45) is 0 Å². The Bertz CT molecular complexity index is 667. The molecule has 0 aromatic heterocycles. The Morgan fingerprint density at radius 2 is 1.76 bits per heavy atom. The molecule has 2 aromatic rings. The van der Waals surface area contributed by atoms with Crippen molar-refractivity contribution in [1.82, 2.24) is 0 Å². The van der Waals surface area contributed by atoms with E-state index in [-0.39, 0.29) is 0 Å². The summed E-state index contributed by atoms with van der Waals surface area (Å²) in [5.41, 5.74) is 2.36. The Morgan fingerprint density at radius 3 is 2.33 bits per heavy atom. The highest BCUT2D eigenvalue weighted by atomic mass is 79.9. The highest BCUT2D eigenvalue weighted by molar-refractivity contribution is 9.10. The van der Waals surface area contributed by atoms with Crippen LogP contribution in [-0.2, 0) is 10.3 Å². The van der Waals surface area contributed by atoms with E-state index in [0.29, 0.717) is 0 Å². The Hall–Kier alpha value is -1.81. The number of hydrogen-bond donors (Lipinski definition) is 2. The fourth-order valence-corrected chi connectivity index (χ4v) is 2.60. The van der Waals surface area contributed by atoms with Crippen molar-refractivity contribution in [3.05, 3.63) is 63.6 Å². The van der Waals surface area contributed by atoms with E-state index in [1.807, 2.05) is 56.3 Å². The van der Waals surface area contributed by atoms with Crippen LogP contribution in [0, 0.1) is 13.8 Å². The lowest BCUT2D eigenvalue weighted by Gasteiger charge is -2.30. The van der Waals surface area contributed by atoms with E-state index in [1.54, 1.807) is 6.92 Å². The maximum atomic E-state index is 11.9. The van der Waals surface area contributed by atoms with Crippen molar-refractivity contribution >= 4 is 27.6 Å². The second-order valence-corrected chi connectivity index (χ2v) is 6.30. The lowest BCUT2D eigenvalue weighted by Crippen LogP contribution is -2.41. The third-order valence-corrected chi connectivity index (χ3v) is 4.13. The molecule has 1 unspecified atom stereocenters. The van der Waals surface area contributed by atoms with Crippen LogP contribution in [0.25, 0.3) is 0 Å². The van der Waals surface area contributed by atoms with Crippen molar-refractivity contribution in [2.75, 3.05) is 5.32 Å². The minimum Gasteiger partial charge on any atom is -0.479 e. The molecular weight excluding hydrogens is 330 g/mol. The predicted octanol–water partition coefficient (Wildman–Crippen LogP) is 4.48. The first-order valence-electron chi connectivity index (χ1n) is 6.68. The van der Waals surface area contributed by atoms with Crippen molar-refractivity contribution < 1.29 is 9.90 Å². The molecule has 2 aromatic carbocycles. The van der Waals surface area contributed by atoms with Gasteiger partial charge >= 0.3 is 5.97 Å². The van der Waals surface area contributed by atoms with Crippen LogP contribution in [0.1, 0.15) is 23.6 Å². The largest absolute Gasteiger partial charge is 0.479 e. The van der Waals surface area contributed by atoms with E-state index in [1.165, 1.54) is 0 Å². The van der Waals surface area contributed by atoms with Gasteiger partial charge in [0, 0.05) is 10.2 Å². The van der Waals surface area contributed by atoms with E-state index >= 15 is 0 Å². The van der Waals surface area contributed by atoms with Crippen LogP contribution in [-0.4, -0.2) is 11.1 Å². The maximum absolute atomic E-state index is 11.9. The summed E-state index contributed by atoms with van der Waals surface area (Å²) >= 11 is 3.38. The standard InChI is InChI=1S/C17H18BrNO2/c1-11-4-5-12(2)15(10-11)17(3,16(20)21)19-14-8-6-13(18)7-9-14/h4-10,19H,1-3H3,(H,20,21). The number of halogens is 1. The summed E-state index contributed by atoms with van der Waals surface area (Å²) in [5, 5.41) is 12.9. The van der Waals surface area contributed by atoms with Gasteiger partial charge in [-0.2, -0.15) is 0 Å². The summed E-state index contributed by atoms with van der Waals surface area (Å²) < 4.78 is 0.955. The molecule has 2 rings (SSSR count). The van der Waals surface area contributed by atoms with Gasteiger partial charge in [0.25, 0.3) is 0 Å². The molecule has 110 valence electrons. The van der Waals surface area contributed by atoms with Gasteiger partial charge < -0.3 is 10.4 Å². The Morgan fingerprint density at radius 1 is 1.14 bits per heavy atom. The van der Waals surface area contributed by atoms with Crippen molar-refractivity contribution in [2.45, 2.75) is 26.3 Å². The maximum Gasteiger partial charge on any atom is 0.333 e. The van der Waals surface area contributed by atoms with Crippen molar-refractivity contribution in [3.63, 3.8) is 0 Å². The summed E-state index contributed by atoms with van der Waals surface area (Å²) in [7, 11) is 0.